The summed E-state index contributed by atoms with van der Waals surface area (Å²) < 4.78 is 14.4. The Kier molecular flexibility index (Phi) is 4.78. The van der Waals surface area contributed by atoms with Crippen LogP contribution in [0.2, 0.25) is 0 Å². The molecule has 4 rings (SSSR count). The highest BCUT2D eigenvalue weighted by atomic mass is 35.6. The number of nitrogens with zero attached hydrogens (tertiary/aromatic N) is 3. The second-order valence-corrected chi connectivity index (χ2v) is 8.03. The van der Waals surface area contributed by atoms with Gasteiger partial charge in [0.15, 0.2) is 17.3 Å². The Balaban J connectivity index is 1.73. The van der Waals surface area contributed by atoms with Crippen LogP contribution in [0.5, 0.6) is 17.4 Å². The zero-order valence-corrected chi connectivity index (χ0v) is 16.2. The van der Waals surface area contributed by atoms with Crippen LogP contribution in [-0.4, -0.2) is 21.7 Å². The smallest absolute Gasteiger partial charge is 0.280 e. The molecule has 2 heterocycles. The largest absolute Gasteiger partial charge is 0.472 e. The molecule has 2 aromatic carbocycles. The van der Waals surface area contributed by atoms with Crippen molar-refractivity contribution in [2.75, 3.05) is 6.79 Å². The molecular weight excluding hydrogens is 433 g/mol. The van der Waals surface area contributed by atoms with Crippen molar-refractivity contribution in [1.29, 1.82) is 0 Å². The predicted octanol–water partition coefficient (Wildman–Crippen LogP) is 4.67. The third kappa shape index (κ3) is 3.58. The lowest BCUT2D eigenvalue weighted by Gasteiger charge is -2.14. The number of nitro groups is 1. The first kappa shape index (κ1) is 18.8. The summed E-state index contributed by atoms with van der Waals surface area (Å²) in [5.74, 6) is 0.783. The van der Waals surface area contributed by atoms with Gasteiger partial charge >= 0.3 is 0 Å². The van der Waals surface area contributed by atoms with Crippen molar-refractivity contribution >= 4 is 51.4 Å². The summed E-state index contributed by atoms with van der Waals surface area (Å²) in [5.41, 5.74) is 0.630. The molecule has 0 unspecified atom stereocenters. The molecule has 28 heavy (non-hydrogen) atoms. The number of hydrogen-bond donors (Lipinski definition) is 0. The predicted molar refractivity (Wildman–Crippen MR) is 102 cm³/mol. The molecule has 0 N–H and O–H groups in total. The van der Waals surface area contributed by atoms with Crippen LogP contribution in [0.15, 0.2) is 36.4 Å². The minimum absolute atomic E-state index is 0.0000444. The molecule has 1 aliphatic heterocycles. The van der Waals surface area contributed by atoms with Gasteiger partial charge in [-0.3, -0.25) is 10.1 Å². The second-order valence-electron chi connectivity index (χ2n) is 5.75. The number of para-hydroxylation sites is 1. The summed E-state index contributed by atoms with van der Waals surface area (Å²) in [6.07, 6.45) is 0. The molecule has 0 spiro atoms. The summed E-state index contributed by atoms with van der Waals surface area (Å²) in [6, 6.07) is 9.79. The van der Waals surface area contributed by atoms with E-state index in [9.17, 15) is 10.1 Å². The van der Waals surface area contributed by atoms with E-state index in [1.165, 1.54) is 12.1 Å². The maximum absolute atomic E-state index is 11.4. The van der Waals surface area contributed by atoms with E-state index in [1.807, 2.05) is 0 Å². The number of ether oxygens (including phenoxy) is 3. The fourth-order valence-electron chi connectivity index (χ4n) is 2.69. The minimum atomic E-state index is -1.85. The van der Waals surface area contributed by atoms with Crippen molar-refractivity contribution < 1.29 is 19.1 Å². The summed E-state index contributed by atoms with van der Waals surface area (Å²) in [4.78, 5) is 19.3. The molecule has 8 nitrogen and oxygen atoms in total. The molecule has 0 amide bonds. The first-order chi connectivity index (χ1) is 13.3. The number of rotatable bonds is 4. The molecule has 0 fully saturated rings. The van der Waals surface area contributed by atoms with Crippen molar-refractivity contribution in [3.05, 3.63) is 57.9 Å². The molecule has 0 radical (unpaired) electrons. The molecule has 0 saturated carbocycles. The Morgan fingerprint density at radius 1 is 1.14 bits per heavy atom. The third-order valence-corrected chi connectivity index (χ3v) is 4.46. The van der Waals surface area contributed by atoms with Crippen LogP contribution in [0.3, 0.4) is 0 Å². The molecule has 1 aliphatic rings. The molecule has 144 valence electrons. The molecule has 3 aromatic rings. The molecule has 11 heteroatoms. The van der Waals surface area contributed by atoms with Crippen LogP contribution in [0.4, 0.5) is 5.69 Å². The van der Waals surface area contributed by atoms with E-state index in [0.29, 0.717) is 22.4 Å². The molecule has 1 aromatic heterocycles. The van der Waals surface area contributed by atoms with E-state index >= 15 is 0 Å². The van der Waals surface area contributed by atoms with E-state index < -0.39 is 8.72 Å². The minimum Gasteiger partial charge on any atom is -0.472 e. The summed E-state index contributed by atoms with van der Waals surface area (Å²) in [6.45, 7) is -0.160. The van der Waals surface area contributed by atoms with Gasteiger partial charge in [-0.1, -0.05) is 46.9 Å². The van der Waals surface area contributed by atoms with Gasteiger partial charge in [-0.15, -0.1) is 0 Å². The standard InChI is InChI=1S/C17H10Cl3N3O5/c18-17(19,20)16-21-11-4-2-1-3-10(11)15(22-16)26-7-9-5-13-14(28-8-27-13)6-12(9)23(24)25/h1-6H,7-8H2. The molecule has 0 saturated heterocycles. The first-order valence-electron chi connectivity index (χ1n) is 7.86. The van der Waals surface area contributed by atoms with Crippen molar-refractivity contribution in [3.8, 4) is 17.4 Å². The highest BCUT2D eigenvalue weighted by molar-refractivity contribution is 6.66. The van der Waals surface area contributed by atoms with Gasteiger partial charge in [0, 0.05) is 0 Å². The summed E-state index contributed by atoms with van der Waals surface area (Å²) in [7, 11) is 0. The molecule has 0 atom stereocenters. The summed E-state index contributed by atoms with van der Waals surface area (Å²) >= 11 is 17.7. The number of alkyl halides is 3. The first-order valence-corrected chi connectivity index (χ1v) is 9.00. The van der Waals surface area contributed by atoms with Crippen molar-refractivity contribution in [3.63, 3.8) is 0 Å². The SMILES string of the molecule is O=[N+]([O-])c1cc2c(cc1COc1nc(C(Cl)(Cl)Cl)nc3ccccc13)OCO2. The van der Waals surface area contributed by atoms with Gasteiger partial charge in [0.1, 0.15) is 6.61 Å². The van der Waals surface area contributed by atoms with E-state index in [-0.39, 0.29) is 36.4 Å². The van der Waals surface area contributed by atoms with Crippen molar-refractivity contribution in [2.45, 2.75) is 10.4 Å². The Bertz CT molecular complexity index is 1090. The second kappa shape index (κ2) is 7.12. The van der Waals surface area contributed by atoms with Crippen LogP contribution in [0.1, 0.15) is 11.4 Å². The van der Waals surface area contributed by atoms with Gasteiger partial charge in [-0.25, -0.2) is 4.98 Å². The zero-order chi connectivity index (χ0) is 19.9. The number of benzene rings is 2. The monoisotopic (exact) mass is 441 g/mol. The van der Waals surface area contributed by atoms with E-state index in [1.54, 1.807) is 24.3 Å². The highest BCUT2D eigenvalue weighted by Crippen LogP contribution is 2.40. The Labute approximate surface area is 173 Å². The third-order valence-electron chi connectivity index (χ3n) is 3.96. The number of halogens is 3. The quantitative estimate of drug-likeness (QED) is 0.329. The summed E-state index contributed by atoms with van der Waals surface area (Å²) in [5, 5.41) is 12.0. The van der Waals surface area contributed by atoms with Gasteiger partial charge in [-0.05, 0) is 18.2 Å². The Morgan fingerprint density at radius 2 is 1.86 bits per heavy atom. The lowest BCUT2D eigenvalue weighted by atomic mass is 10.1. The van der Waals surface area contributed by atoms with Gasteiger partial charge in [0.25, 0.3) is 5.69 Å². The maximum Gasteiger partial charge on any atom is 0.280 e. The molecular formula is C17H10Cl3N3O5. The van der Waals surface area contributed by atoms with Crippen LogP contribution < -0.4 is 14.2 Å². The van der Waals surface area contributed by atoms with Crippen LogP contribution in [-0.2, 0) is 10.4 Å². The zero-order valence-electron chi connectivity index (χ0n) is 13.9. The fourth-order valence-corrected chi connectivity index (χ4v) is 2.94. The van der Waals surface area contributed by atoms with Gasteiger partial charge in [0.2, 0.25) is 16.5 Å². The van der Waals surface area contributed by atoms with Crippen LogP contribution in [0, 0.1) is 10.1 Å². The van der Waals surface area contributed by atoms with E-state index in [0.717, 1.165) is 0 Å². The van der Waals surface area contributed by atoms with Gasteiger partial charge in [-0.2, -0.15) is 4.98 Å². The number of hydrogen-bond acceptors (Lipinski definition) is 7. The van der Waals surface area contributed by atoms with Crippen molar-refractivity contribution in [2.24, 2.45) is 0 Å². The van der Waals surface area contributed by atoms with Crippen LogP contribution in [0.25, 0.3) is 10.9 Å². The lowest BCUT2D eigenvalue weighted by molar-refractivity contribution is -0.385. The lowest BCUT2D eigenvalue weighted by Crippen LogP contribution is -2.10. The Hall–Kier alpha value is -2.55. The molecule has 0 aliphatic carbocycles. The van der Waals surface area contributed by atoms with Crippen LogP contribution >= 0.6 is 34.8 Å². The average Bonchev–Trinajstić information content (AvgIpc) is 3.11. The van der Waals surface area contributed by atoms with Gasteiger partial charge < -0.3 is 14.2 Å². The normalized spacial score (nSPS) is 13.0. The van der Waals surface area contributed by atoms with E-state index in [2.05, 4.69) is 9.97 Å². The van der Waals surface area contributed by atoms with Gasteiger partial charge in [0.05, 0.1) is 27.5 Å². The van der Waals surface area contributed by atoms with Crippen molar-refractivity contribution in [1.82, 2.24) is 9.97 Å². The number of fused-ring (bicyclic) bond motifs is 2. The fraction of sp³-hybridized carbons (Fsp3) is 0.176. The molecule has 0 bridgehead atoms. The highest BCUT2D eigenvalue weighted by Gasteiger charge is 2.29. The van der Waals surface area contributed by atoms with E-state index in [4.69, 9.17) is 49.0 Å². The average molecular weight is 443 g/mol. The topological polar surface area (TPSA) is 96.6 Å². The maximum atomic E-state index is 11.4. The Morgan fingerprint density at radius 3 is 2.57 bits per heavy atom. The number of nitro benzene ring substituents is 1. The number of aromatic nitrogens is 2.